The van der Waals surface area contributed by atoms with Gasteiger partial charge in [0.25, 0.3) is 0 Å². The lowest BCUT2D eigenvalue weighted by molar-refractivity contribution is 0.254. The van der Waals surface area contributed by atoms with Crippen molar-refractivity contribution in [2.75, 3.05) is 0 Å². The Labute approximate surface area is 76.6 Å². The van der Waals surface area contributed by atoms with Crippen molar-refractivity contribution in [3.05, 3.63) is 23.3 Å². The second-order valence-corrected chi connectivity index (χ2v) is 3.33. The Balaban J connectivity index is 2.52. The Morgan fingerprint density at radius 3 is 3.00 bits per heavy atom. The van der Waals surface area contributed by atoms with E-state index in [0.717, 1.165) is 17.7 Å². The van der Waals surface area contributed by atoms with Crippen LogP contribution in [0.4, 0.5) is 0 Å². The van der Waals surface area contributed by atoms with E-state index in [2.05, 4.69) is 0 Å². The number of ether oxygens (including phenoxy) is 1. The van der Waals surface area contributed by atoms with Crippen LogP contribution in [0.1, 0.15) is 18.1 Å². The maximum absolute atomic E-state index is 9.45. The fraction of sp³-hybridized carbons (Fsp3) is 0.400. The van der Waals surface area contributed by atoms with Gasteiger partial charge in [-0.3, -0.25) is 0 Å². The van der Waals surface area contributed by atoms with Crippen molar-refractivity contribution in [2.24, 2.45) is 0 Å². The predicted molar refractivity (Wildman–Crippen MR) is 47.8 cm³/mol. The molecule has 0 spiro atoms. The second kappa shape index (κ2) is 2.92. The van der Waals surface area contributed by atoms with E-state index in [-0.39, 0.29) is 18.5 Å². The number of benzene rings is 1. The number of phenols is 1. The van der Waals surface area contributed by atoms with Gasteiger partial charge in [0.2, 0.25) is 0 Å². The molecule has 0 unspecified atom stereocenters. The van der Waals surface area contributed by atoms with Crippen LogP contribution in [0.15, 0.2) is 12.1 Å². The number of hydrogen-bond donors (Lipinski definition) is 2. The van der Waals surface area contributed by atoms with Crippen LogP contribution in [0.5, 0.6) is 11.5 Å². The molecule has 0 bridgehead atoms. The van der Waals surface area contributed by atoms with Crippen molar-refractivity contribution in [3.63, 3.8) is 0 Å². The van der Waals surface area contributed by atoms with Gasteiger partial charge < -0.3 is 14.9 Å². The molecule has 1 atom stereocenters. The third-order valence-electron chi connectivity index (χ3n) is 2.34. The van der Waals surface area contributed by atoms with Crippen molar-refractivity contribution < 1.29 is 14.9 Å². The van der Waals surface area contributed by atoms with Crippen molar-refractivity contribution in [3.8, 4) is 11.5 Å². The Hall–Kier alpha value is -1.22. The first-order chi connectivity index (χ1) is 6.22. The van der Waals surface area contributed by atoms with E-state index < -0.39 is 0 Å². The average molecular weight is 180 g/mol. The predicted octanol–water partition coefficient (Wildman–Crippen LogP) is 1.21. The molecule has 3 heteroatoms. The minimum absolute atomic E-state index is 0.134. The molecule has 0 amide bonds. The first-order valence-electron chi connectivity index (χ1n) is 4.33. The van der Waals surface area contributed by atoms with Crippen molar-refractivity contribution in [1.29, 1.82) is 0 Å². The molecule has 0 radical (unpaired) electrons. The molecule has 1 aliphatic rings. The van der Waals surface area contributed by atoms with Crippen LogP contribution in [0.3, 0.4) is 0 Å². The smallest absolute Gasteiger partial charge is 0.123 e. The van der Waals surface area contributed by atoms with E-state index in [1.165, 1.54) is 0 Å². The number of aliphatic hydroxyl groups excluding tert-OH is 1. The summed E-state index contributed by atoms with van der Waals surface area (Å²) in [6, 6.07) is 3.30. The first kappa shape index (κ1) is 8.38. The van der Waals surface area contributed by atoms with Gasteiger partial charge in [-0.2, -0.15) is 0 Å². The van der Waals surface area contributed by atoms with Crippen LogP contribution in [0.25, 0.3) is 0 Å². The van der Waals surface area contributed by atoms with E-state index >= 15 is 0 Å². The fourth-order valence-corrected chi connectivity index (χ4v) is 1.72. The first-order valence-corrected chi connectivity index (χ1v) is 4.33. The summed E-state index contributed by atoms with van der Waals surface area (Å²) in [7, 11) is 0. The lowest BCUT2D eigenvalue weighted by atomic mass is 10.0. The summed E-state index contributed by atoms with van der Waals surface area (Å²) in [5.41, 5.74) is 1.54. The lowest BCUT2D eigenvalue weighted by Gasteiger charge is -2.05. The molecule has 70 valence electrons. The summed E-state index contributed by atoms with van der Waals surface area (Å²) in [6.45, 7) is 1.84. The molecular formula is C10H12O3. The minimum atomic E-state index is -0.134. The molecule has 13 heavy (non-hydrogen) atoms. The SMILES string of the molecule is C[C@@H]1Cc2c(ccc(O)c2CO)O1. The quantitative estimate of drug-likeness (QED) is 0.683. The largest absolute Gasteiger partial charge is 0.508 e. The molecule has 0 aromatic heterocycles. The van der Waals surface area contributed by atoms with Gasteiger partial charge in [0.1, 0.15) is 17.6 Å². The summed E-state index contributed by atoms with van der Waals surface area (Å²) in [6.07, 6.45) is 0.904. The van der Waals surface area contributed by atoms with E-state index in [1.54, 1.807) is 12.1 Å². The molecule has 0 aliphatic carbocycles. The van der Waals surface area contributed by atoms with Gasteiger partial charge in [0.05, 0.1) is 6.61 Å². The van der Waals surface area contributed by atoms with E-state index in [9.17, 15) is 5.11 Å². The highest BCUT2D eigenvalue weighted by atomic mass is 16.5. The number of fused-ring (bicyclic) bond motifs is 1. The van der Waals surface area contributed by atoms with Gasteiger partial charge in [-0.25, -0.2) is 0 Å². The second-order valence-electron chi connectivity index (χ2n) is 3.33. The highest BCUT2D eigenvalue weighted by Gasteiger charge is 2.23. The molecule has 1 heterocycles. The Kier molecular flexibility index (Phi) is 1.88. The monoisotopic (exact) mass is 180 g/mol. The Morgan fingerprint density at radius 1 is 1.54 bits per heavy atom. The molecule has 0 saturated heterocycles. The zero-order chi connectivity index (χ0) is 9.42. The molecule has 0 saturated carbocycles. The zero-order valence-electron chi connectivity index (χ0n) is 7.45. The highest BCUT2D eigenvalue weighted by Crippen LogP contribution is 2.35. The van der Waals surface area contributed by atoms with Crippen LogP contribution < -0.4 is 4.74 Å². The molecule has 2 N–H and O–H groups in total. The minimum Gasteiger partial charge on any atom is -0.508 e. The van der Waals surface area contributed by atoms with E-state index in [0.29, 0.717) is 5.56 Å². The summed E-state index contributed by atoms with van der Waals surface area (Å²) >= 11 is 0. The van der Waals surface area contributed by atoms with Gasteiger partial charge in [0.15, 0.2) is 0 Å². The average Bonchev–Trinajstić information content (AvgIpc) is 2.45. The summed E-state index contributed by atoms with van der Waals surface area (Å²) in [4.78, 5) is 0. The van der Waals surface area contributed by atoms with E-state index in [1.807, 2.05) is 6.92 Å². The standard InChI is InChI=1S/C10H12O3/c1-6-4-7-8(5-11)9(12)2-3-10(7)13-6/h2-3,6,11-12H,4-5H2,1H3/t6-/m1/s1. The molecule has 0 fully saturated rings. The maximum atomic E-state index is 9.45. The van der Waals surface area contributed by atoms with Crippen LogP contribution in [0.2, 0.25) is 0 Å². The normalized spacial score (nSPS) is 19.7. The van der Waals surface area contributed by atoms with Crippen molar-refractivity contribution >= 4 is 0 Å². The number of aliphatic hydroxyl groups is 1. The fourth-order valence-electron chi connectivity index (χ4n) is 1.72. The Bertz CT molecular complexity index is 333. The van der Waals surface area contributed by atoms with Gasteiger partial charge >= 0.3 is 0 Å². The molecule has 1 aromatic rings. The van der Waals surface area contributed by atoms with Gasteiger partial charge in [-0.05, 0) is 19.1 Å². The topological polar surface area (TPSA) is 49.7 Å². The molecule has 1 aromatic carbocycles. The molecule has 1 aliphatic heterocycles. The van der Waals surface area contributed by atoms with Gasteiger partial charge in [0, 0.05) is 17.5 Å². The van der Waals surface area contributed by atoms with Crippen LogP contribution in [0, 0.1) is 0 Å². The summed E-state index contributed by atoms with van der Waals surface area (Å²) in [5.74, 6) is 0.938. The Morgan fingerprint density at radius 2 is 2.31 bits per heavy atom. The molecule has 3 nitrogen and oxygen atoms in total. The number of aromatic hydroxyl groups is 1. The molecule has 2 rings (SSSR count). The zero-order valence-corrected chi connectivity index (χ0v) is 7.45. The maximum Gasteiger partial charge on any atom is 0.123 e. The number of hydrogen-bond acceptors (Lipinski definition) is 3. The van der Waals surface area contributed by atoms with Crippen LogP contribution >= 0.6 is 0 Å². The van der Waals surface area contributed by atoms with Crippen LogP contribution in [-0.4, -0.2) is 16.3 Å². The third kappa shape index (κ3) is 1.25. The molecular weight excluding hydrogens is 168 g/mol. The highest BCUT2D eigenvalue weighted by molar-refractivity contribution is 5.50. The van der Waals surface area contributed by atoms with Gasteiger partial charge in [-0.15, -0.1) is 0 Å². The van der Waals surface area contributed by atoms with Gasteiger partial charge in [-0.1, -0.05) is 0 Å². The van der Waals surface area contributed by atoms with Crippen LogP contribution in [-0.2, 0) is 13.0 Å². The number of rotatable bonds is 1. The third-order valence-corrected chi connectivity index (χ3v) is 2.34. The van der Waals surface area contributed by atoms with E-state index in [4.69, 9.17) is 9.84 Å². The van der Waals surface area contributed by atoms with Crippen molar-refractivity contribution in [1.82, 2.24) is 0 Å². The lowest BCUT2D eigenvalue weighted by Crippen LogP contribution is -2.05. The van der Waals surface area contributed by atoms with Crippen molar-refractivity contribution in [2.45, 2.75) is 26.1 Å². The summed E-state index contributed by atoms with van der Waals surface area (Å²) < 4.78 is 5.48. The summed E-state index contributed by atoms with van der Waals surface area (Å²) in [5, 5.41) is 18.5.